The minimum Gasteiger partial charge on any atom is -0.493 e. The quantitative estimate of drug-likeness (QED) is 0.528. The lowest BCUT2D eigenvalue weighted by Gasteiger charge is -2.11. The molecule has 138 valence electrons. The molecule has 9 nitrogen and oxygen atoms in total. The molecule has 2 aromatic carbocycles. The summed E-state index contributed by atoms with van der Waals surface area (Å²) in [4.78, 5) is 23.0. The number of rotatable bonds is 6. The molecule has 1 amide bonds. The van der Waals surface area contributed by atoms with Crippen LogP contribution in [0.3, 0.4) is 0 Å². The van der Waals surface area contributed by atoms with Gasteiger partial charge in [0.2, 0.25) is 0 Å². The fourth-order valence-corrected chi connectivity index (χ4v) is 2.39. The molecule has 0 spiro atoms. The number of benzene rings is 2. The van der Waals surface area contributed by atoms with Crippen LogP contribution in [0.25, 0.3) is 0 Å². The number of para-hydroxylation sites is 2. The van der Waals surface area contributed by atoms with Gasteiger partial charge in [0.1, 0.15) is 5.75 Å². The summed E-state index contributed by atoms with van der Waals surface area (Å²) < 4.78 is 12.4. The largest absolute Gasteiger partial charge is 0.493 e. The molecule has 0 aliphatic heterocycles. The number of ether oxygens (including phenoxy) is 2. The Balaban J connectivity index is 1.90. The van der Waals surface area contributed by atoms with E-state index in [1.54, 1.807) is 37.5 Å². The Labute approximate surface area is 154 Å². The van der Waals surface area contributed by atoms with Crippen molar-refractivity contribution in [2.45, 2.75) is 0 Å². The van der Waals surface area contributed by atoms with Crippen LogP contribution in [0.2, 0.25) is 0 Å². The van der Waals surface area contributed by atoms with Crippen LogP contribution >= 0.6 is 0 Å². The van der Waals surface area contributed by atoms with Gasteiger partial charge in [-0.15, -0.1) is 0 Å². The number of hydrogen-bond acceptors (Lipinski definition) is 6. The topological polar surface area (TPSA) is 109 Å². The van der Waals surface area contributed by atoms with Crippen LogP contribution in [0.15, 0.2) is 54.9 Å². The van der Waals surface area contributed by atoms with Crippen LogP contribution in [0.5, 0.6) is 17.2 Å². The van der Waals surface area contributed by atoms with E-state index in [-0.39, 0.29) is 17.1 Å². The lowest BCUT2D eigenvalue weighted by atomic mass is 10.2. The number of amides is 1. The molecular formula is C18H16N4O5. The Morgan fingerprint density at radius 1 is 1.22 bits per heavy atom. The molecular weight excluding hydrogens is 352 g/mol. The van der Waals surface area contributed by atoms with Gasteiger partial charge in [-0.3, -0.25) is 19.6 Å². The second-order valence-electron chi connectivity index (χ2n) is 5.58. The number of nitrogens with zero attached hydrogens (tertiary/aromatic N) is 3. The second kappa shape index (κ2) is 7.56. The number of nitrogens with one attached hydrogen (secondary N) is 1. The highest BCUT2D eigenvalue weighted by molar-refractivity contribution is 6.04. The number of hydrogen-bond donors (Lipinski definition) is 1. The maximum atomic E-state index is 12.3. The highest BCUT2D eigenvalue weighted by Crippen LogP contribution is 2.34. The number of aryl methyl sites for hydroxylation is 1. The number of carbonyl (C=O) groups is 1. The summed E-state index contributed by atoms with van der Waals surface area (Å²) in [5.74, 6) is 0.622. The number of nitro groups is 1. The van der Waals surface area contributed by atoms with Crippen molar-refractivity contribution < 1.29 is 19.2 Å². The summed E-state index contributed by atoms with van der Waals surface area (Å²) in [5, 5.41) is 17.8. The van der Waals surface area contributed by atoms with Gasteiger partial charge >= 0.3 is 0 Å². The van der Waals surface area contributed by atoms with Crippen molar-refractivity contribution in [3.05, 3.63) is 70.5 Å². The van der Waals surface area contributed by atoms with Crippen molar-refractivity contribution in [1.29, 1.82) is 0 Å². The van der Waals surface area contributed by atoms with Crippen LogP contribution in [0.4, 0.5) is 11.4 Å². The molecule has 9 heteroatoms. The Kier molecular flexibility index (Phi) is 5.02. The molecule has 0 saturated carbocycles. The van der Waals surface area contributed by atoms with Gasteiger partial charge in [-0.05, 0) is 12.1 Å². The molecule has 0 fully saturated rings. The van der Waals surface area contributed by atoms with Crippen LogP contribution in [-0.4, -0.2) is 27.7 Å². The number of nitro benzene ring substituents is 1. The van der Waals surface area contributed by atoms with E-state index in [0.29, 0.717) is 17.1 Å². The van der Waals surface area contributed by atoms with E-state index in [1.807, 2.05) is 0 Å². The van der Waals surface area contributed by atoms with E-state index in [0.717, 1.165) is 0 Å². The Morgan fingerprint density at radius 3 is 2.59 bits per heavy atom. The zero-order valence-electron chi connectivity index (χ0n) is 14.6. The smallest absolute Gasteiger partial charge is 0.275 e. The number of methoxy groups -OCH3 is 1. The second-order valence-corrected chi connectivity index (χ2v) is 5.58. The Bertz CT molecular complexity index is 999. The van der Waals surface area contributed by atoms with E-state index in [1.165, 1.54) is 36.2 Å². The first-order chi connectivity index (χ1) is 13.0. The fourth-order valence-electron chi connectivity index (χ4n) is 2.39. The molecule has 0 radical (unpaired) electrons. The minimum atomic E-state index is -0.561. The van der Waals surface area contributed by atoms with E-state index >= 15 is 0 Å². The highest BCUT2D eigenvalue weighted by Gasteiger charge is 2.15. The SMILES string of the molecule is COc1ccccc1Oc1cc(NC(=O)c2cnn(C)c2)cc([N+](=O)[O-])c1. The molecule has 1 heterocycles. The summed E-state index contributed by atoms with van der Waals surface area (Å²) >= 11 is 0. The van der Waals surface area contributed by atoms with Gasteiger partial charge in [-0.25, -0.2) is 0 Å². The molecule has 1 N–H and O–H groups in total. The minimum absolute atomic E-state index is 0.190. The zero-order chi connectivity index (χ0) is 19.4. The van der Waals surface area contributed by atoms with Crippen LogP contribution < -0.4 is 14.8 Å². The van der Waals surface area contributed by atoms with E-state index in [2.05, 4.69) is 10.4 Å². The van der Waals surface area contributed by atoms with E-state index in [4.69, 9.17) is 9.47 Å². The molecule has 3 rings (SSSR count). The molecule has 1 aromatic heterocycles. The van der Waals surface area contributed by atoms with Crippen LogP contribution in [-0.2, 0) is 7.05 Å². The van der Waals surface area contributed by atoms with Crippen molar-refractivity contribution in [2.75, 3.05) is 12.4 Å². The summed E-state index contributed by atoms with van der Waals surface area (Å²) in [6, 6.07) is 10.9. The highest BCUT2D eigenvalue weighted by atomic mass is 16.6. The van der Waals surface area contributed by atoms with Gasteiger partial charge in [-0.2, -0.15) is 5.10 Å². The van der Waals surface area contributed by atoms with Crippen molar-refractivity contribution in [3.8, 4) is 17.2 Å². The first kappa shape index (κ1) is 17.9. The molecule has 0 bridgehead atoms. The fraction of sp³-hybridized carbons (Fsp3) is 0.111. The van der Waals surface area contributed by atoms with Gasteiger partial charge in [-0.1, -0.05) is 12.1 Å². The molecule has 0 saturated heterocycles. The van der Waals surface area contributed by atoms with Gasteiger partial charge in [0, 0.05) is 25.4 Å². The maximum absolute atomic E-state index is 12.3. The normalized spacial score (nSPS) is 10.3. The number of aromatic nitrogens is 2. The summed E-state index contributed by atoms with van der Waals surface area (Å²) in [7, 11) is 3.18. The number of anilines is 1. The van der Waals surface area contributed by atoms with Crippen molar-refractivity contribution in [3.63, 3.8) is 0 Å². The molecule has 27 heavy (non-hydrogen) atoms. The van der Waals surface area contributed by atoms with Gasteiger partial charge in [0.15, 0.2) is 11.5 Å². The molecule has 0 aliphatic rings. The maximum Gasteiger partial charge on any atom is 0.275 e. The van der Waals surface area contributed by atoms with Crippen molar-refractivity contribution in [2.24, 2.45) is 7.05 Å². The third kappa shape index (κ3) is 4.21. The van der Waals surface area contributed by atoms with Crippen molar-refractivity contribution >= 4 is 17.3 Å². The van der Waals surface area contributed by atoms with Crippen molar-refractivity contribution in [1.82, 2.24) is 9.78 Å². The number of carbonyl (C=O) groups excluding carboxylic acids is 1. The first-order valence-corrected chi connectivity index (χ1v) is 7.86. The third-order valence-corrected chi connectivity index (χ3v) is 3.62. The average Bonchev–Trinajstić information content (AvgIpc) is 3.08. The lowest BCUT2D eigenvalue weighted by molar-refractivity contribution is -0.384. The number of non-ortho nitro benzene ring substituents is 1. The third-order valence-electron chi connectivity index (χ3n) is 3.62. The molecule has 0 atom stereocenters. The van der Waals surface area contributed by atoms with E-state index < -0.39 is 10.8 Å². The first-order valence-electron chi connectivity index (χ1n) is 7.86. The van der Waals surface area contributed by atoms with E-state index in [9.17, 15) is 14.9 Å². The molecule has 0 aliphatic carbocycles. The lowest BCUT2D eigenvalue weighted by Crippen LogP contribution is -2.11. The average molecular weight is 368 g/mol. The van der Waals surface area contributed by atoms with Gasteiger partial charge in [0.25, 0.3) is 11.6 Å². The van der Waals surface area contributed by atoms with Gasteiger partial charge in [0.05, 0.1) is 35.5 Å². The standard InChI is InChI=1S/C18H16N4O5/c1-21-11-12(10-19-21)18(23)20-13-7-14(22(24)25)9-15(8-13)27-17-6-4-3-5-16(17)26-2/h3-11H,1-2H3,(H,20,23). The zero-order valence-corrected chi connectivity index (χ0v) is 14.6. The molecule has 0 unspecified atom stereocenters. The Hall–Kier alpha value is -3.88. The monoisotopic (exact) mass is 368 g/mol. The predicted molar refractivity (Wildman–Crippen MR) is 97.3 cm³/mol. The van der Waals surface area contributed by atoms with Gasteiger partial charge < -0.3 is 14.8 Å². The predicted octanol–water partition coefficient (Wildman–Crippen LogP) is 3.38. The van der Waals surface area contributed by atoms with Crippen LogP contribution in [0, 0.1) is 10.1 Å². The summed E-state index contributed by atoms with van der Waals surface area (Å²) in [6.07, 6.45) is 2.94. The summed E-state index contributed by atoms with van der Waals surface area (Å²) in [5.41, 5.74) is 0.336. The van der Waals surface area contributed by atoms with Crippen LogP contribution in [0.1, 0.15) is 10.4 Å². The molecule has 3 aromatic rings. The summed E-state index contributed by atoms with van der Waals surface area (Å²) in [6.45, 7) is 0. The Morgan fingerprint density at radius 2 is 1.96 bits per heavy atom.